The number of hydrogen-bond donors (Lipinski definition) is 2. The molecule has 1 aromatic carbocycles. The van der Waals surface area contributed by atoms with Crippen molar-refractivity contribution in [1.82, 2.24) is 0 Å². The Bertz CT molecular complexity index is 508. The number of carbonyl (C=O) groups excluding carboxylic acids is 1. The average molecular weight is 289 g/mol. The second kappa shape index (κ2) is 6.08. The monoisotopic (exact) mass is 289 g/mol. The number of nitrogens with one attached hydrogen (secondary N) is 1. The fourth-order valence-corrected chi connectivity index (χ4v) is 3.22. The van der Waals surface area contributed by atoms with Gasteiger partial charge in [-0.1, -0.05) is 26.8 Å². The van der Waals surface area contributed by atoms with E-state index in [4.69, 9.17) is 0 Å². The smallest absolute Gasteiger partial charge is 0.227 e. The van der Waals surface area contributed by atoms with Crippen LogP contribution >= 0.6 is 0 Å². The van der Waals surface area contributed by atoms with Crippen LogP contribution in [-0.2, 0) is 4.79 Å². The molecule has 0 spiro atoms. The molecule has 1 fully saturated rings. The summed E-state index contributed by atoms with van der Waals surface area (Å²) in [6, 6.07) is 5.24. The molecule has 0 atom stereocenters. The van der Waals surface area contributed by atoms with E-state index in [9.17, 15) is 9.90 Å². The van der Waals surface area contributed by atoms with Crippen LogP contribution in [0.4, 0.5) is 5.69 Å². The maximum Gasteiger partial charge on any atom is 0.227 e. The summed E-state index contributed by atoms with van der Waals surface area (Å²) in [6.07, 6.45) is 4.18. The molecule has 0 saturated heterocycles. The normalized spacial score (nSPS) is 22.9. The quantitative estimate of drug-likeness (QED) is 0.842. The van der Waals surface area contributed by atoms with Crippen LogP contribution in [0.25, 0.3) is 0 Å². The molecular formula is C18H27NO2. The Morgan fingerprint density at radius 2 is 1.81 bits per heavy atom. The summed E-state index contributed by atoms with van der Waals surface area (Å²) in [7, 11) is 0. The van der Waals surface area contributed by atoms with E-state index >= 15 is 0 Å². The third-order valence-corrected chi connectivity index (χ3v) is 4.89. The molecule has 0 heterocycles. The lowest BCUT2D eigenvalue weighted by atomic mass is 9.69. The summed E-state index contributed by atoms with van der Waals surface area (Å²) in [5, 5.41) is 12.7. The summed E-state index contributed by atoms with van der Waals surface area (Å²) in [6.45, 7) is 8.68. The Kier molecular flexibility index (Phi) is 4.60. The molecule has 1 amide bonds. The second-order valence-electron chi connectivity index (χ2n) is 7.35. The number of carbonyl (C=O) groups is 1. The van der Waals surface area contributed by atoms with E-state index in [1.54, 1.807) is 12.1 Å². The molecular weight excluding hydrogens is 262 g/mol. The number of amides is 1. The van der Waals surface area contributed by atoms with E-state index in [0.717, 1.165) is 36.9 Å². The lowest BCUT2D eigenvalue weighted by Gasteiger charge is -2.36. The summed E-state index contributed by atoms with van der Waals surface area (Å²) in [4.78, 5) is 12.4. The van der Waals surface area contributed by atoms with Gasteiger partial charge in [0.2, 0.25) is 5.91 Å². The zero-order chi connectivity index (χ0) is 15.6. The molecule has 116 valence electrons. The minimum atomic E-state index is 0.0936. The molecule has 2 N–H and O–H groups in total. The summed E-state index contributed by atoms with van der Waals surface area (Å²) in [5.74, 6) is 1.13. The second-order valence-corrected chi connectivity index (χ2v) is 7.35. The van der Waals surface area contributed by atoms with Crippen molar-refractivity contribution in [2.75, 3.05) is 5.32 Å². The van der Waals surface area contributed by atoms with E-state index in [-0.39, 0.29) is 17.6 Å². The molecule has 0 unspecified atom stereocenters. The van der Waals surface area contributed by atoms with Crippen LogP contribution in [0, 0.1) is 24.2 Å². The fourth-order valence-electron chi connectivity index (χ4n) is 3.22. The van der Waals surface area contributed by atoms with E-state index in [0.29, 0.717) is 11.3 Å². The number of anilines is 1. The minimum Gasteiger partial charge on any atom is -0.508 e. The lowest BCUT2D eigenvalue weighted by molar-refractivity contribution is -0.121. The van der Waals surface area contributed by atoms with Gasteiger partial charge in [0.1, 0.15) is 5.75 Å². The third-order valence-electron chi connectivity index (χ3n) is 4.89. The molecule has 2 rings (SSSR count). The van der Waals surface area contributed by atoms with Gasteiger partial charge in [0.15, 0.2) is 0 Å². The average Bonchev–Trinajstić information content (AvgIpc) is 2.43. The largest absolute Gasteiger partial charge is 0.508 e. The van der Waals surface area contributed by atoms with Crippen LogP contribution in [0.1, 0.15) is 52.0 Å². The predicted molar refractivity (Wildman–Crippen MR) is 86.4 cm³/mol. The van der Waals surface area contributed by atoms with Crippen molar-refractivity contribution in [2.24, 2.45) is 17.3 Å². The number of phenols is 1. The first kappa shape index (κ1) is 15.9. The van der Waals surface area contributed by atoms with Gasteiger partial charge in [0.25, 0.3) is 0 Å². The molecule has 1 aromatic rings. The van der Waals surface area contributed by atoms with E-state index < -0.39 is 0 Å². The molecule has 0 bridgehead atoms. The van der Waals surface area contributed by atoms with Gasteiger partial charge in [0, 0.05) is 17.2 Å². The topological polar surface area (TPSA) is 49.3 Å². The van der Waals surface area contributed by atoms with Gasteiger partial charge < -0.3 is 10.4 Å². The number of benzene rings is 1. The van der Waals surface area contributed by atoms with Gasteiger partial charge in [-0.25, -0.2) is 0 Å². The van der Waals surface area contributed by atoms with Gasteiger partial charge in [-0.2, -0.15) is 0 Å². The molecule has 1 saturated carbocycles. The standard InChI is InChI=1S/C18H27NO2/c1-12-15(6-5-7-16(12)20)19-17(21)13-8-10-14(11-9-13)18(2,3)4/h5-7,13-14,20H,8-11H2,1-4H3,(H,19,21). The fraction of sp³-hybridized carbons (Fsp3) is 0.611. The number of aromatic hydroxyl groups is 1. The summed E-state index contributed by atoms with van der Waals surface area (Å²) >= 11 is 0. The first-order valence-electron chi connectivity index (χ1n) is 7.88. The van der Waals surface area contributed by atoms with Crippen molar-refractivity contribution < 1.29 is 9.90 Å². The highest BCUT2D eigenvalue weighted by Gasteiger charge is 2.32. The number of rotatable bonds is 2. The van der Waals surface area contributed by atoms with Crippen molar-refractivity contribution in [1.29, 1.82) is 0 Å². The minimum absolute atomic E-state index is 0.0936. The van der Waals surface area contributed by atoms with Crippen LogP contribution < -0.4 is 5.32 Å². The van der Waals surface area contributed by atoms with Crippen molar-refractivity contribution in [2.45, 2.75) is 53.4 Å². The van der Waals surface area contributed by atoms with Gasteiger partial charge in [-0.3, -0.25) is 4.79 Å². The van der Waals surface area contributed by atoms with Crippen LogP contribution in [-0.4, -0.2) is 11.0 Å². The molecule has 0 radical (unpaired) electrons. The molecule has 1 aliphatic carbocycles. The van der Waals surface area contributed by atoms with Crippen LogP contribution in [0.15, 0.2) is 18.2 Å². The predicted octanol–water partition coefficient (Wildman–Crippen LogP) is 4.49. The van der Waals surface area contributed by atoms with Gasteiger partial charge in [0.05, 0.1) is 0 Å². The Labute approximate surface area is 127 Å². The first-order valence-corrected chi connectivity index (χ1v) is 7.88. The van der Waals surface area contributed by atoms with Crippen molar-refractivity contribution >= 4 is 11.6 Å². The van der Waals surface area contributed by atoms with E-state index in [2.05, 4.69) is 26.1 Å². The van der Waals surface area contributed by atoms with Crippen molar-refractivity contribution in [3.8, 4) is 5.75 Å². The zero-order valence-electron chi connectivity index (χ0n) is 13.6. The van der Waals surface area contributed by atoms with E-state index in [1.807, 2.05) is 13.0 Å². The summed E-state index contributed by atoms with van der Waals surface area (Å²) < 4.78 is 0. The van der Waals surface area contributed by atoms with Crippen LogP contribution in [0.3, 0.4) is 0 Å². The maximum atomic E-state index is 12.4. The number of phenolic OH excluding ortho intramolecular Hbond substituents is 1. The Hall–Kier alpha value is -1.51. The highest BCUT2D eigenvalue weighted by atomic mass is 16.3. The Balaban J connectivity index is 1.95. The van der Waals surface area contributed by atoms with Crippen LogP contribution in [0.2, 0.25) is 0 Å². The molecule has 21 heavy (non-hydrogen) atoms. The van der Waals surface area contributed by atoms with Crippen molar-refractivity contribution in [3.63, 3.8) is 0 Å². The SMILES string of the molecule is Cc1c(O)cccc1NC(=O)C1CCC(C(C)(C)C)CC1. The third kappa shape index (κ3) is 3.78. The van der Waals surface area contributed by atoms with Gasteiger partial charge >= 0.3 is 0 Å². The molecule has 0 aliphatic heterocycles. The molecule has 1 aliphatic rings. The highest BCUT2D eigenvalue weighted by Crippen LogP contribution is 2.40. The molecule has 3 nitrogen and oxygen atoms in total. The summed E-state index contributed by atoms with van der Waals surface area (Å²) in [5.41, 5.74) is 1.79. The van der Waals surface area contributed by atoms with Gasteiger partial charge in [-0.15, -0.1) is 0 Å². The zero-order valence-corrected chi connectivity index (χ0v) is 13.6. The van der Waals surface area contributed by atoms with E-state index in [1.165, 1.54) is 0 Å². The number of hydrogen-bond acceptors (Lipinski definition) is 2. The molecule has 0 aromatic heterocycles. The lowest BCUT2D eigenvalue weighted by Crippen LogP contribution is -2.31. The Morgan fingerprint density at radius 1 is 1.19 bits per heavy atom. The maximum absolute atomic E-state index is 12.4. The van der Waals surface area contributed by atoms with Crippen LogP contribution in [0.5, 0.6) is 5.75 Å². The highest BCUT2D eigenvalue weighted by molar-refractivity contribution is 5.93. The Morgan fingerprint density at radius 3 is 2.38 bits per heavy atom. The first-order chi connectivity index (χ1) is 9.79. The van der Waals surface area contributed by atoms with Crippen molar-refractivity contribution in [3.05, 3.63) is 23.8 Å². The van der Waals surface area contributed by atoms with Gasteiger partial charge in [-0.05, 0) is 56.1 Å². The molecule has 3 heteroatoms.